The van der Waals surface area contributed by atoms with Crippen LogP contribution < -0.4 is 10.1 Å². The van der Waals surface area contributed by atoms with E-state index in [1.54, 1.807) is 42.5 Å². The van der Waals surface area contributed by atoms with Gasteiger partial charge in [-0.05, 0) is 23.8 Å². The van der Waals surface area contributed by atoms with E-state index in [1.165, 1.54) is 0 Å². The summed E-state index contributed by atoms with van der Waals surface area (Å²) in [6, 6.07) is 11.3. The van der Waals surface area contributed by atoms with E-state index in [1.807, 2.05) is 36.4 Å². The molecule has 7 heteroatoms. The first kappa shape index (κ1) is 16.7. The summed E-state index contributed by atoms with van der Waals surface area (Å²) >= 11 is 0. The van der Waals surface area contributed by atoms with Gasteiger partial charge in [0, 0.05) is 36.9 Å². The van der Waals surface area contributed by atoms with Crippen LogP contribution in [0.25, 0.3) is 16.8 Å². The Bertz CT molecular complexity index is 1090. The summed E-state index contributed by atoms with van der Waals surface area (Å²) in [5.41, 5.74) is 3.09. The molecule has 0 unspecified atom stereocenters. The SMILES string of the molecule is COc1ccccc1-c1nc(C(=O)NCc2cccnc2)n2ccncc12. The summed E-state index contributed by atoms with van der Waals surface area (Å²) in [4.78, 5) is 25.6. The first-order chi connectivity index (χ1) is 13.3. The standard InChI is InChI=1S/C20H17N5O2/c1-27-17-7-3-2-6-15(17)18-16-13-22-9-10-25(16)19(24-18)20(26)23-12-14-5-4-8-21-11-14/h2-11,13H,12H2,1H3,(H,23,26). The molecule has 3 heterocycles. The van der Waals surface area contributed by atoms with Crippen molar-refractivity contribution >= 4 is 11.4 Å². The third-order valence-electron chi connectivity index (χ3n) is 4.19. The number of pyridine rings is 1. The molecule has 1 aromatic carbocycles. The molecule has 0 aliphatic carbocycles. The van der Waals surface area contributed by atoms with Crippen LogP contribution in [-0.4, -0.2) is 32.4 Å². The van der Waals surface area contributed by atoms with E-state index in [2.05, 4.69) is 20.3 Å². The third kappa shape index (κ3) is 3.22. The highest BCUT2D eigenvalue weighted by molar-refractivity contribution is 5.94. The van der Waals surface area contributed by atoms with Gasteiger partial charge in [0.1, 0.15) is 11.4 Å². The molecule has 0 bridgehead atoms. The molecule has 134 valence electrons. The molecule has 0 saturated heterocycles. The number of methoxy groups -OCH3 is 1. The summed E-state index contributed by atoms with van der Waals surface area (Å²) in [5.74, 6) is 0.696. The highest BCUT2D eigenvalue weighted by Crippen LogP contribution is 2.32. The number of ether oxygens (including phenoxy) is 1. The fourth-order valence-corrected chi connectivity index (χ4v) is 2.90. The lowest BCUT2D eigenvalue weighted by molar-refractivity contribution is 0.0940. The lowest BCUT2D eigenvalue weighted by atomic mass is 10.1. The van der Waals surface area contributed by atoms with Gasteiger partial charge in [-0.25, -0.2) is 4.98 Å². The number of para-hydroxylation sites is 1. The van der Waals surface area contributed by atoms with Crippen LogP contribution in [0.4, 0.5) is 0 Å². The van der Waals surface area contributed by atoms with Crippen molar-refractivity contribution in [2.45, 2.75) is 6.54 Å². The van der Waals surface area contributed by atoms with Crippen LogP contribution in [0.15, 0.2) is 67.4 Å². The van der Waals surface area contributed by atoms with Crippen molar-refractivity contribution in [3.05, 3.63) is 78.8 Å². The molecule has 4 rings (SSSR count). The Morgan fingerprint density at radius 2 is 1.96 bits per heavy atom. The minimum absolute atomic E-state index is 0.277. The zero-order valence-corrected chi connectivity index (χ0v) is 14.7. The average Bonchev–Trinajstić information content (AvgIpc) is 3.12. The van der Waals surface area contributed by atoms with Crippen molar-refractivity contribution in [2.75, 3.05) is 7.11 Å². The number of fused-ring (bicyclic) bond motifs is 1. The summed E-state index contributed by atoms with van der Waals surface area (Å²) in [7, 11) is 1.61. The van der Waals surface area contributed by atoms with Gasteiger partial charge in [0.05, 0.1) is 18.8 Å². The van der Waals surface area contributed by atoms with Crippen molar-refractivity contribution in [2.24, 2.45) is 0 Å². The Morgan fingerprint density at radius 1 is 1.11 bits per heavy atom. The van der Waals surface area contributed by atoms with E-state index in [4.69, 9.17) is 4.74 Å². The van der Waals surface area contributed by atoms with Crippen molar-refractivity contribution in [1.82, 2.24) is 24.7 Å². The zero-order chi connectivity index (χ0) is 18.6. The minimum atomic E-state index is -0.277. The average molecular weight is 359 g/mol. The number of benzene rings is 1. The van der Waals surface area contributed by atoms with Gasteiger partial charge in [-0.2, -0.15) is 0 Å². The molecule has 0 saturated carbocycles. The second kappa shape index (κ2) is 7.25. The summed E-state index contributed by atoms with van der Waals surface area (Å²) in [6.45, 7) is 0.372. The normalized spacial score (nSPS) is 10.7. The molecule has 0 aliphatic rings. The summed E-state index contributed by atoms with van der Waals surface area (Å²) in [6.07, 6.45) is 8.44. The highest BCUT2D eigenvalue weighted by atomic mass is 16.5. The Morgan fingerprint density at radius 3 is 2.78 bits per heavy atom. The van der Waals surface area contributed by atoms with Crippen LogP contribution in [0.2, 0.25) is 0 Å². The predicted octanol–water partition coefficient (Wildman–Crippen LogP) is 2.73. The van der Waals surface area contributed by atoms with Crippen LogP contribution in [-0.2, 0) is 6.54 Å². The van der Waals surface area contributed by atoms with Gasteiger partial charge in [-0.3, -0.25) is 19.2 Å². The number of nitrogens with zero attached hydrogens (tertiary/aromatic N) is 4. The lowest BCUT2D eigenvalue weighted by Gasteiger charge is -2.05. The number of carbonyl (C=O) groups is 1. The van der Waals surface area contributed by atoms with Gasteiger partial charge >= 0.3 is 0 Å². The number of nitrogens with one attached hydrogen (secondary N) is 1. The number of amides is 1. The molecule has 0 spiro atoms. The van der Waals surface area contributed by atoms with Gasteiger partial charge in [0.25, 0.3) is 5.91 Å². The number of hydrogen-bond donors (Lipinski definition) is 1. The first-order valence-corrected chi connectivity index (χ1v) is 8.40. The molecule has 0 radical (unpaired) electrons. The highest BCUT2D eigenvalue weighted by Gasteiger charge is 2.20. The molecule has 0 aliphatic heterocycles. The van der Waals surface area contributed by atoms with E-state index >= 15 is 0 Å². The predicted molar refractivity (Wildman–Crippen MR) is 100 cm³/mol. The Balaban J connectivity index is 1.73. The molecule has 27 heavy (non-hydrogen) atoms. The molecule has 0 fully saturated rings. The van der Waals surface area contributed by atoms with Crippen molar-refractivity contribution < 1.29 is 9.53 Å². The summed E-state index contributed by atoms with van der Waals surface area (Å²) in [5, 5.41) is 2.89. The maximum Gasteiger partial charge on any atom is 0.287 e. The largest absolute Gasteiger partial charge is 0.496 e. The fraction of sp³-hybridized carbons (Fsp3) is 0.100. The maximum absolute atomic E-state index is 12.8. The fourth-order valence-electron chi connectivity index (χ4n) is 2.90. The number of hydrogen-bond acceptors (Lipinski definition) is 5. The first-order valence-electron chi connectivity index (χ1n) is 8.40. The Hall–Kier alpha value is -3.74. The molecule has 3 aromatic heterocycles. The third-order valence-corrected chi connectivity index (χ3v) is 4.19. The molecule has 1 N–H and O–H groups in total. The molecule has 1 amide bonds. The van der Waals surface area contributed by atoms with Gasteiger partial charge < -0.3 is 10.1 Å². The van der Waals surface area contributed by atoms with Gasteiger partial charge in [-0.1, -0.05) is 18.2 Å². The van der Waals surface area contributed by atoms with Crippen LogP contribution >= 0.6 is 0 Å². The monoisotopic (exact) mass is 359 g/mol. The molecular formula is C20H17N5O2. The van der Waals surface area contributed by atoms with Crippen LogP contribution in [0, 0.1) is 0 Å². The maximum atomic E-state index is 12.8. The molecular weight excluding hydrogens is 342 g/mol. The van der Waals surface area contributed by atoms with E-state index in [0.29, 0.717) is 18.0 Å². The topological polar surface area (TPSA) is 81.4 Å². The number of aromatic nitrogens is 4. The van der Waals surface area contributed by atoms with Crippen molar-refractivity contribution in [3.63, 3.8) is 0 Å². The molecule has 0 atom stereocenters. The molecule has 7 nitrogen and oxygen atoms in total. The van der Waals surface area contributed by atoms with E-state index < -0.39 is 0 Å². The number of carbonyl (C=O) groups excluding carboxylic acids is 1. The number of imidazole rings is 1. The second-order valence-corrected chi connectivity index (χ2v) is 5.86. The Labute approximate surface area is 155 Å². The van der Waals surface area contributed by atoms with Crippen LogP contribution in [0.3, 0.4) is 0 Å². The van der Waals surface area contributed by atoms with E-state index in [0.717, 1.165) is 16.6 Å². The van der Waals surface area contributed by atoms with E-state index in [9.17, 15) is 4.79 Å². The van der Waals surface area contributed by atoms with Gasteiger partial charge in [-0.15, -0.1) is 0 Å². The van der Waals surface area contributed by atoms with Crippen molar-refractivity contribution in [1.29, 1.82) is 0 Å². The molecule has 4 aromatic rings. The minimum Gasteiger partial charge on any atom is -0.496 e. The lowest BCUT2D eigenvalue weighted by Crippen LogP contribution is -2.25. The number of rotatable bonds is 5. The van der Waals surface area contributed by atoms with Crippen molar-refractivity contribution in [3.8, 4) is 17.0 Å². The quantitative estimate of drug-likeness (QED) is 0.592. The van der Waals surface area contributed by atoms with Gasteiger partial charge in [0.15, 0.2) is 0 Å². The van der Waals surface area contributed by atoms with Crippen LogP contribution in [0.1, 0.15) is 16.2 Å². The second-order valence-electron chi connectivity index (χ2n) is 5.86. The van der Waals surface area contributed by atoms with Crippen LogP contribution in [0.5, 0.6) is 5.75 Å². The summed E-state index contributed by atoms with van der Waals surface area (Å²) < 4.78 is 7.18. The zero-order valence-electron chi connectivity index (χ0n) is 14.7. The van der Waals surface area contributed by atoms with E-state index in [-0.39, 0.29) is 11.7 Å². The van der Waals surface area contributed by atoms with Gasteiger partial charge in [0.2, 0.25) is 5.82 Å². The smallest absolute Gasteiger partial charge is 0.287 e. The Kier molecular flexibility index (Phi) is 4.49.